The summed E-state index contributed by atoms with van der Waals surface area (Å²) >= 11 is 6.72. The van der Waals surface area contributed by atoms with Crippen LogP contribution in [0.15, 0.2) is 10.9 Å². The Balaban J connectivity index is 2.77. The zero-order valence-corrected chi connectivity index (χ0v) is 7.19. The summed E-state index contributed by atoms with van der Waals surface area (Å²) in [7, 11) is 0. The molecule has 60 valence electrons. The number of aldehydes is 1. The van der Waals surface area contributed by atoms with Gasteiger partial charge in [-0.15, -0.1) is 0 Å². The molecular formula is C6H6ClNO2S. The van der Waals surface area contributed by atoms with Crippen molar-refractivity contribution in [2.45, 2.75) is 13.0 Å². The van der Waals surface area contributed by atoms with Gasteiger partial charge in [0, 0.05) is 19.0 Å². The van der Waals surface area contributed by atoms with Crippen molar-refractivity contribution in [1.29, 1.82) is 0 Å². The van der Waals surface area contributed by atoms with Crippen molar-refractivity contribution in [3.8, 4) is 0 Å². The molecule has 0 aliphatic carbocycles. The number of aromatic nitrogens is 1. The SMILES string of the molecule is O=CCCn1sc(Cl)cc1=O. The summed E-state index contributed by atoms with van der Waals surface area (Å²) in [5.41, 5.74) is -0.137. The van der Waals surface area contributed by atoms with Crippen LogP contribution in [-0.2, 0) is 11.3 Å². The van der Waals surface area contributed by atoms with Crippen LogP contribution >= 0.6 is 23.1 Å². The van der Waals surface area contributed by atoms with E-state index >= 15 is 0 Å². The van der Waals surface area contributed by atoms with E-state index in [1.165, 1.54) is 21.6 Å². The van der Waals surface area contributed by atoms with Crippen molar-refractivity contribution in [3.05, 3.63) is 20.8 Å². The first-order chi connectivity index (χ1) is 5.24. The van der Waals surface area contributed by atoms with Gasteiger partial charge >= 0.3 is 0 Å². The van der Waals surface area contributed by atoms with Gasteiger partial charge in [0.05, 0.1) is 0 Å². The number of hydrogen-bond acceptors (Lipinski definition) is 3. The molecule has 1 rings (SSSR count). The molecule has 0 aliphatic heterocycles. The third kappa shape index (κ3) is 2.17. The monoisotopic (exact) mass is 191 g/mol. The number of carbonyl (C=O) groups is 1. The molecule has 0 aliphatic rings. The number of rotatable bonds is 3. The van der Waals surface area contributed by atoms with Gasteiger partial charge < -0.3 is 4.79 Å². The van der Waals surface area contributed by atoms with Crippen molar-refractivity contribution >= 4 is 29.4 Å². The lowest BCUT2D eigenvalue weighted by atomic mass is 10.5. The van der Waals surface area contributed by atoms with E-state index in [9.17, 15) is 9.59 Å². The second-order valence-corrected chi connectivity index (χ2v) is 3.63. The highest BCUT2D eigenvalue weighted by molar-refractivity contribution is 7.11. The lowest BCUT2D eigenvalue weighted by molar-refractivity contribution is -0.108. The van der Waals surface area contributed by atoms with Gasteiger partial charge in [0.2, 0.25) is 0 Å². The first-order valence-electron chi connectivity index (χ1n) is 3.04. The van der Waals surface area contributed by atoms with Gasteiger partial charge in [-0.05, 0) is 11.5 Å². The molecule has 0 atom stereocenters. The molecule has 0 unspecified atom stereocenters. The minimum atomic E-state index is -0.137. The van der Waals surface area contributed by atoms with Crippen molar-refractivity contribution in [3.63, 3.8) is 0 Å². The first-order valence-corrected chi connectivity index (χ1v) is 4.19. The van der Waals surface area contributed by atoms with Crippen LogP contribution in [0.4, 0.5) is 0 Å². The van der Waals surface area contributed by atoms with Gasteiger partial charge in [-0.2, -0.15) is 0 Å². The van der Waals surface area contributed by atoms with Crippen LogP contribution in [0.25, 0.3) is 0 Å². The second kappa shape index (κ2) is 3.69. The minimum Gasteiger partial charge on any atom is -0.303 e. The Morgan fingerprint density at radius 3 is 2.91 bits per heavy atom. The van der Waals surface area contributed by atoms with E-state index in [-0.39, 0.29) is 5.56 Å². The second-order valence-electron chi connectivity index (χ2n) is 1.94. The lowest BCUT2D eigenvalue weighted by Gasteiger charge is -1.91. The fraction of sp³-hybridized carbons (Fsp3) is 0.333. The molecule has 0 spiro atoms. The molecule has 0 radical (unpaired) electrons. The van der Waals surface area contributed by atoms with Gasteiger partial charge in [0.25, 0.3) is 5.56 Å². The third-order valence-corrected chi connectivity index (χ3v) is 2.32. The summed E-state index contributed by atoms with van der Waals surface area (Å²) in [4.78, 5) is 20.9. The fourth-order valence-electron chi connectivity index (χ4n) is 0.671. The summed E-state index contributed by atoms with van der Waals surface area (Å²) in [5, 5.41) is 0. The smallest absolute Gasteiger partial charge is 0.262 e. The number of nitrogens with zero attached hydrogens (tertiary/aromatic N) is 1. The average Bonchev–Trinajstić information content (AvgIpc) is 2.26. The molecule has 0 saturated carbocycles. The number of hydrogen-bond donors (Lipinski definition) is 0. The number of halogens is 1. The quantitative estimate of drug-likeness (QED) is 0.673. The molecule has 0 aromatic carbocycles. The largest absolute Gasteiger partial charge is 0.303 e. The summed E-state index contributed by atoms with van der Waals surface area (Å²) < 4.78 is 1.91. The highest BCUT2D eigenvalue weighted by atomic mass is 35.5. The third-order valence-electron chi connectivity index (χ3n) is 1.13. The van der Waals surface area contributed by atoms with Crippen LogP contribution in [0, 0.1) is 0 Å². The Hall–Kier alpha value is -0.610. The maximum Gasteiger partial charge on any atom is 0.262 e. The molecule has 0 N–H and O–H groups in total. The van der Waals surface area contributed by atoms with E-state index in [2.05, 4.69) is 0 Å². The zero-order chi connectivity index (χ0) is 8.27. The topological polar surface area (TPSA) is 39.1 Å². The molecule has 1 heterocycles. The molecule has 0 fully saturated rings. The Morgan fingerprint density at radius 1 is 1.73 bits per heavy atom. The summed E-state index contributed by atoms with van der Waals surface area (Å²) in [6, 6.07) is 1.34. The maximum absolute atomic E-state index is 10.9. The normalized spacial score (nSPS) is 9.91. The van der Waals surface area contributed by atoms with Crippen LogP contribution in [0.1, 0.15) is 6.42 Å². The first kappa shape index (κ1) is 8.49. The fourth-order valence-corrected chi connectivity index (χ4v) is 1.72. The van der Waals surface area contributed by atoms with Crippen LogP contribution in [0.2, 0.25) is 4.34 Å². The van der Waals surface area contributed by atoms with Crippen LogP contribution in [-0.4, -0.2) is 10.2 Å². The predicted octanol–water partition coefficient (Wildman–Crippen LogP) is 1.15. The van der Waals surface area contributed by atoms with E-state index in [0.717, 1.165) is 6.29 Å². The van der Waals surface area contributed by atoms with E-state index in [1.807, 2.05) is 0 Å². The lowest BCUT2D eigenvalue weighted by Crippen LogP contribution is -2.11. The molecule has 0 amide bonds. The molecular weight excluding hydrogens is 186 g/mol. The maximum atomic E-state index is 10.9. The van der Waals surface area contributed by atoms with Crippen molar-refractivity contribution in [2.24, 2.45) is 0 Å². The number of carbonyl (C=O) groups excluding carboxylic acids is 1. The van der Waals surface area contributed by atoms with Gasteiger partial charge in [-0.1, -0.05) is 11.6 Å². The number of aryl methyl sites for hydroxylation is 1. The molecule has 0 saturated heterocycles. The van der Waals surface area contributed by atoms with Crippen LogP contribution in [0.5, 0.6) is 0 Å². The molecule has 1 aromatic heterocycles. The van der Waals surface area contributed by atoms with Crippen molar-refractivity contribution in [2.75, 3.05) is 0 Å². The zero-order valence-electron chi connectivity index (χ0n) is 5.62. The Morgan fingerprint density at radius 2 is 2.45 bits per heavy atom. The summed E-state index contributed by atoms with van der Waals surface area (Å²) in [6.07, 6.45) is 1.14. The Bertz CT molecular complexity index is 304. The van der Waals surface area contributed by atoms with Gasteiger partial charge in [0.15, 0.2) is 0 Å². The highest BCUT2D eigenvalue weighted by Crippen LogP contribution is 2.11. The van der Waals surface area contributed by atoms with Crippen LogP contribution in [0.3, 0.4) is 0 Å². The molecule has 1 aromatic rings. The van der Waals surface area contributed by atoms with E-state index < -0.39 is 0 Å². The van der Waals surface area contributed by atoms with Gasteiger partial charge in [-0.3, -0.25) is 8.75 Å². The molecule has 5 heteroatoms. The minimum absolute atomic E-state index is 0.137. The van der Waals surface area contributed by atoms with Gasteiger partial charge in [0.1, 0.15) is 10.6 Å². The van der Waals surface area contributed by atoms with Crippen LogP contribution < -0.4 is 5.56 Å². The van der Waals surface area contributed by atoms with E-state index in [0.29, 0.717) is 17.3 Å². The summed E-state index contributed by atoms with van der Waals surface area (Å²) in [6.45, 7) is 0.430. The summed E-state index contributed by atoms with van der Waals surface area (Å²) in [5.74, 6) is 0. The molecule has 3 nitrogen and oxygen atoms in total. The highest BCUT2D eigenvalue weighted by Gasteiger charge is 1.99. The molecule has 11 heavy (non-hydrogen) atoms. The molecule has 0 bridgehead atoms. The Kier molecular flexibility index (Phi) is 2.84. The average molecular weight is 192 g/mol. The van der Waals surface area contributed by atoms with E-state index in [1.54, 1.807) is 0 Å². The van der Waals surface area contributed by atoms with Gasteiger partial charge in [-0.25, -0.2) is 0 Å². The Labute approximate surface area is 72.4 Å². The van der Waals surface area contributed by atoms with Crippen molar-refractivity contribution in [1.82, 2.24) is 3.96 Å². The predicted molar refractivity (Wildman–Crippen MR) is 44.3 cm³/mol. The van der Waals surface area contributed by atoms with Crippen molar-refractivity contribution < 1.29 is 4.79 Å². The standard InChI is InChI=1S/C6H6ClNO2S/c7-5-4-6(10)8(11-5)2-1-3-9/h3-4H,1-2H2. The van der Waals surface area contributed by atoms with E-state index in [4.69, 9.17) is 11.6 Å².